The third kappa shape index (κ3) is 4.13. The largest absolute Gasteiger partial charge is 0.460 e. The Morgan fingerprint density at radius 1 is 1.33 bits per heavy atom. The minimum Gasteiger partial charge on any atom is -0.460 e. The molecule has 0 aliphatic rings. The fourth-order valence-corrected chi connectivity index (χ4v) is 1.62. The second kappa shape index (κ2) is 5.98. The van der Waals surface area contributed by atoms with Gasteiger partial charge < -0.3 is 15.6 Å². The average Bonchev–Trinajstić information content (AvgIpc) is 2.28. The Bertz CT molecular complexity index is 384. The second-order valence-corrected chi connectivity index (χ2v) is 5.26. The van der Waals surface area contributed by atoms with E-state index < -0.39 is 23.5 Å². The number of aliphatic hydroxyl groups excluding tert-OH is 1. The van der Waals surface area contributed by atoms with Gasteiger partial charge in [-0.1, -0.05) is 30.3 Å². The van der Waals surface area contributed by atoms with Crippen LogP contribution in [0.25, 0.3) is 0 Å². The first-order chi connectivity index (χ1) is 8.35. The molecule has 0 fully saturated rings. The van der Waals surface area contributed by atoms with Crippen LogP contribution in [0.2, 0.25) is 0 Å². The predicted octanol–water partition coefficient (Wildman–Crippen LogP) is 1.64. The van der Waals surface area contributed by atoms with E-state index in [0.29, 0.717) is 0 Å². The van der Waals surface area contributed by atoms with Crippen molar-refractivity contribution >= 4 is 5.97 Å². The van der Waals surface area contributed by atoms with Gasteiger partial charge in [-0.05, 0) is 26.3 Å². The molecule has 1 aromatic rings. The Balaban J connectivity index is 2.81. The lowest BCUT2D eigenvalue weighted by molar-refractivity contribution is -0.162. The number of ether oxygens (including phenoxy) is 1. The van der Waals surface area contributed by atoms with E-state index in [1.807, 2.05) is 30.3 Å². The Morgan fingerprint density at radius 2 is 1.89 bits per heavy atom. The summed E-state index contributed by atoms with van der Waals surface area (Å²) in [4.78, 5) is 11.9. The van der Waals surface area contributed by atoms with Crippen molar-refractivity contribution in [2.45, 2.75) is 32.4 Å². The van der Waals surface area contributed by atoms with Gasteiger partial charge in [0.1, 0.15) is 5.60 Å². The highest BCUT2D eigenvalue weighted by atomic mass is 16.6. The Morgan fingerprint density at radius 3 is 2.33 bits per heavy atom. The van der Waals surface area contributed by atoms with Crippen LogP contribution >= 0.6 is 0 Å². The molecule has 0 aliphatic carbocycles. The van der Waals surface area contributed by atoms with Gasteiger partial charge in [-0.25, -0.2) is 0 Å². The van der Waals surface area contributed by atoms with E-state index in [-0.39, 0.29) is 6.61 Å². The first-order valence-electron chi connectivity index (χ1n) is 5.99. The third-order valence-electron chi connectivity index (χ3n) is 2.52. The Hall–Kier alpha value is -1.39. The molecule has 0 radical (unpaired) electrons. The molecule has 4 nitrogen and oxygen atoms in total. The smallest absolute Gasteiger partial charge is 0.313 e. The van der Waals surface area contributed by atoms with Crippen molar-refractivity contribution < 1.29 is 14.6 Å². The maximum Gasteiger partial charge on any atom is 0.313 e. The maximum atomic E-state index is 11.9. The lowest BCUT2D eigenvalue weighted by atomic mass is 9.94. The highest BCUT2D eigenvalue weighted by Crippen LogP contribution is 2.22. The lowest BCUT2D eigenvalue weighted by Gasteiger charge is -2.26. The van der Waals surface area contributed by atoms with E-state index in [0.717, 1.165) is 5.56 Å². The van der Waals surface area contributed by atoms with E-state index >= 15 is 0 Å². The molecule has 1 aromatic carbocycles. The van der Waals surface area contributed by atoms with Crippen LogP contribution in [0.1, 0.15) is 32.4 Å². The number of nitrogens with two attached hydrogens (primary N) is 1. The van der Waals surface area contributed by atoms with Crippen LogP contribution in [-0.4, -0.2) is 23.3 Å². The maximum absolute atomic E-state index is 11.9. The third-order valence-corrected chi connectivity index (χ3v) is 2.52. The van der Waals surface area contributed by atoms with E-state index in [9.17, 15) is 9.90 Å². The van der Waals surface area contributed by atoms with Crippen LogP contribution in [0.3, 0.4) is 0 Å². The van der Waals surface area contributed by atoms with E-state index in [4.69, 9.17) is 10.5 Å². The molecule has 0 aliphatic heterocycles. The molecule has 100 valence electrons. The highest BCUT2D eigenvalue weighted by molar-refractivity contribution is 5.74. The number of carbonyl (C=O) groups excluding carboxylic acids is 1. The topological polar surface area (TPSA) is 72.5 Å². The van der Waals surface area contributed by atoms with Gasteiger partial charge in [0.15, 0.2) is 0 Å². The van der Waals surface area contributed by atoms with Crippen LogP contribution in [0.5, 0.6) is 0 Å². The molecule has 1 rings (SSSR count). The quantitative estimate of drug-likeness (QED) is 0.798. The number of carbonyl (C=O) groups is 1. The van der Waals surface area contributed by atoms with Gasteiger partial charge in [-0.15, -0.1) is 0 Å². The SMILES string of the molecule is CC(C)(C)OC(=O)C(CO)C(N)c1ccccc1. The molecule has 0 saturated carbocycles. The zero-order valence-corrected chi connectivity index (χ0v) is 11.1. The molecule has 3 N–H and O–H groups in total. The molecule has 0 amide bonds. The first kappa shape index (κ1) is 14.7. The van der Waals surface area contributed by atoms with Gasteiger partial charge in [0.2, 0.25) is 0 Å². The van der Waals surface area contributed by atoms with E-state index in [2.05, 4.69) is 0 Å². The van der Waals surface area contributed by atoms with E-state index in [1.54, 1.807) is 20.8 Å². The van der Waals surface area contributed by atoms with Crippen LogP contribution in [0.4, 0.5) is 0 Å². The number of hydrogen-bond donors (Lipinski definition) is 2. The van der Waals surface area contributed by atoms with Crippen molar-refractivity contribution in [1.82, 2.24) is 0 Å². The molecule has 0 saturated heterocycles. The number of esters is 1. The van der Waals surface area contributed by atoms with Crippen molar-refractivity contribution in [1.29, 1.82) is 0 Å². The van der Waals surface area contributed by atoms with Crippen molar-refractivity contribution in [3.05, 3.63) is 35.9 Å². The normalized spacial score (nSPS) is 14.9. The van der Waals surface area contributed by atoms with Gasteiger partial charge in [0.25, 0.3) is 0 Å². The summed E-state index contributed by atoms with van der Waals surface area (Å²) >= 11 is 0. The molecule has 4 heteroatoms. The summed E-state index contributed by atoms with van der Waals surface area (Å²) in [5.41, 5.74) is 6.23. The fraction of sp³-hybridized carbons (Fsp3) is 0.500. The Labute approximate surface area is 108 Å². The van der Waals surface area contributed by atoms with Gasteiger partial charge in [-0.3, -0.25) is 4.79 Å². The summed E-state index contributed by atoms with van der Waals surface area (Å²) in [6, 6.07) is 8.66. The van der Waals surface area contributed by atoms with Crippen molar-refractivity contribution in [3.8, 4) is 0 Å². The summed E-state index contributed by atoms with van der Waals surface area (Å²) in [7, 11) is 0. The monoisotopic (exact) mass is 251 g/mol. The van der Waals surface area contributed by atoms with Crippen molar-refractivity contribution in [2.24, 2.45) is 11.7 Å². The standard InChI is InChI=1S/C14H21NO3/c1-14(2,3)18-13(17)11(9-16)12(15)10-7-5-4-6-8-10/h4-8,11-12,16H,9,15H2,1-3H3. The molecule has 0 aromatic heterocycles. The van der Waals surface area contributed by atoms with Gasteiger partial charge >= 0.3 is 5.97 Å². The number of rotatable bonds is 4. The molecule has 0 spiro atoms. The molecule has 0 bridgehead atoms. The number of benzene rings is 1. The van der Waals surface area contributed by atoms with Crippen molar-refractivity contribution in [3.63, 3.8) is 0 Å². The zero-order valence-electron chi connectivity index (χ0n) is 11.1. The molecule has 18 heavy (non-hydrogen) atoms. The summed E-state index contributed by atoms with van der Waals surface area (Å²) in [5, 5.41) is 9.34. The van der Waals surface area contributed by atoms with Crippen LogP contribution in [0.15, 0.2) is 30.3 Å². The molecule has 0 heterocycles. The average molecular weight is 251 g/mol. The summed E-state index contributed by atoms with van der Waals surface area (Å²) < 4.78 is 5.25. The van der Waals surface area contributed by atoms with Crippen LogP contribution < -0.4 is 5.73 Å². The van der Waals surface area contributed by atoms with Crippen LogP contribution in [0, 0.1) is 5.92 Å². The minimum absolute atomic E-state index is 0.328. The number of aliphatic hydroxyl groups is 1. The van der Waals surface area contributed by atoms with Crippen molar-refractivity contribution in [2.75, 3.05) is 6.61 Å². The van der Waals surface area contributed by atoms with Gasteiger partial charge in [0.05, 0.1) is 12.5 Å². The second-order valence-electron chi connectivity index (χ2n) is 5.26. The minimum atomic E-state index is -0.744. The molecule has 2 unspecified atom stereocenters. The van der Waals surface area contributed by atoms with E-state index in [1.165, 1.54) is 0 Å². The van der Waals surface area contributed by atoms with Gasteiger partial charge in [0, 0.05) is 6.04 Å². The summed E-state index contributed by atoms with van der Waals surface area (Å²) in [6.45, 7) is 5.03. The predicted molar refractivity (Wildman–Crippen MR) is 69.8 cm³/mol. The highest BCUT2D eigenvalue weighted by Gasteiger charge is 2.30. The zero-order chi connectivity index (χ0) is 13.8. The molecular formula is C14H21NO3. The molecule has 2 atom stereocenters. The van der Waals surface area contributed by atoms with Crippen LogP contribution in [-0.2, 0) is 9.53 Å². The Kier molecular flexibility index (Phi) is 4.87. The fourth-order valence-electron chi connectivity index (χ4n) is 1.62. The number of hydrogen-bond acceptors (Lipinski definition) is 4. The first-order valence-corrected chi connectivity index (χ1v) is 5.99. The summed E-state index contributed by atoms with van der Waals surface area (Å²) in [5.74, 6) is -1.21. The lowest BCUT2D eigenvalue weighted by Crippen LogP contribution is -2.36. The molecular weight excluding hydrogens is 230 g/mol. The summed E-state index contributed by atoms with van der Waals surface area (Å²) in [6.07, 6.45) is 0. The van der Waals surface area contributed by atoms with Gasteiger partial charge in [-0.2, -0.15) is 0 Å².